The van der Waals surface area contributed by atoms with Crippen molar-refractivity contribution >= 4 is 11.6 Å². The average molecular weight is 250 g/mol. The lowest BCUT2D eigenvalue weighted by molar-refractivity contribution is -0.189. The number of benzene rings is 1. The Morgan fingerprint density at radius 3 is 2.56 bits per heavy atom. The number of rotatable bonds is 2. The second kappa shape index (κ2) is 4.62. The van der Waals surface area contributed by atoms with E-state index in [4.69, 9.17) is 16.9 Å². The van der Waals surface area contributed by atoms with E-state index < -0.39 is 12.3 Å². The molecule has 0 saturated heterocycles. The summed E-state index contributed by atoms with van der Waals surface area (Å²) in [4.78, 5) is 0. The minimum absolute atomic E-state index is 0.0144. The van der Waals surface area contributed by atoms with Gasteiger partial charge in [-0.15, -0.1) is 0 Å². The molecule has 0 aliphatic heterocycles. The van der Waals surface area contributed by atoms with Crippen LogP contribution in [0.15, 0.2) is 18.2 Å². The number of ether oxygens (including phenoxy) is 1. The van der Waals surface area contributed by atoms with E-state index in [0.29, 0.717) is 0 Å². The molecule has 0 spiro atoms. The summed E-state index contributed by atoms with van der Waals surface area (Å²) in [7, 11) is 0. The largest absolute Gasteiger partial charge is 0.480 e. The van der Waals surface area contributed by atoms with Gasteiger partial charge in [-0.3, -0.25) is 0 Å². The standard InChI is InChI=1S/C10H7ClF3NO/c1-6(10(12,13)14)16-9-4-8(11)3-2-7(9)5-15/h2-4,6H,1H3. The van der Waals surface area contributed by atoms with Gasteiger partial charge in [-0.1, -0.05) is 11.6 Å². The summed E-state index contributed by atoms with van der Waals surface area (Å²) < 4.78 is 41.3. The lowest BCUT2D eigenvalue weighted by atomic mass is 10.2. The van der Waals surface area contributed by atoms with Crippen LogP contribution in [0.25, 0.3) is 0 Å². The molecule has 0 saturated carbocycles. The van der Waals surface area contributed by atoms with Crippen LogP contribution in [0.5, 0.6) is 5.75 Å². The number of hydrogen-bond donors (Lipinski definition) is 0. The third-order valence-electron chi connectivity index (χ3n) is 1.83. The quantitative estimate of drug-likeness (QED) is 0.803. The number of halogens is 4. The molecule has 1 atom stereocenters. The van der Waals surface area contributed by atoms with Crippen molar-refractivity contribution in [3.8, 4) is 11.8 Å². The number of alkyl halides is 3. The fraction of sp³-hybridized carbons (Fsp3) is 0.300. The van der Waals surface area contributed by atoms with E-state index in [1.54, 1.807) is 6.07 Å². The number of hydrogen-bond acceptors (Lipinski definition) is 2. The Morgan fingerprint density at radius 1 is 1.44 bits per heavy atom. The molecule has 2 nitrogen and oxygen atoms in total. The summed E-state index contributed by atoms with van der Waals surface area (Å²) in [6.45, 7) is 0.863. The zero-order valence-electron chi connectivity index (χ0n) is 8.18. The first kappa shape index (κ1) is 12.7. The molecule has 0 bridgehead atoms. The maximum atomic E-state index is 12.2. The molecule has 0 N–H and O–H groups in total. The molecule has 1 aromatic carbocycles. The molecule has 0 heterocycles. The van der Waals surface area contributed by atoms with Crippen LogP contribution in [0.4, 0.5) is 13.2 Å². The fourth-order valence-corrected chi connectivity index (χ4v) is 1.11. The van der Waals surface area contributed by atoms with Crippen molar-refractivity contribution in [1.29, 1.82) is 5.26 Å². The van der Waals surface area contributed by atoms with Crippen LogP contribution in [-0.2, 0) is 0 Å². The summed E-state index contributed by atoms with van der Waals surface area (Å²) in [5.41, 5.74) is 0.0144. The Labute approximate surface area is 95.2 Å². The van der Waals surface area contributed by atoms with E-state index in [1.807, 2.05) is 0 Å². The van der Waals surface area contributed by atoms with Crippen LogP contribution in [0, 0.1) is 11.3 Å². The smallest absolute Gasteiger partial charge is 0.425 e. The lowest BCUT2D eigenvalue weighted by Gasteiger charge is -2.18. The molecule has 1 unspecified atom stereocenters. The van der Waals surface area contributed by atoms with Gasteiger partial charge in [0.15, 0.2) is 6.10 Å². The average Bonchev–Trinajstić information content (AvgIpc) is 2.16. The van der Waals surface area contributed by atoms with Crippen LogP contribution >= 0.6 is 11.6 Å². The maximum Gasteiger partial charge on any atom is 0.425 e. The van der Waals surface area contributed by atoms with Gasteiger partial charge in [0, 0.05) is 11.1 Å². The highest BCUT2D eigenvalue weighted by Crippen LogP contribution is 2.28. The molecule has 0 aliphatic carbocycles. The van der Waals surface area contributed by atoms with Crippen molar-refractivity contribution in [2.75, 3.05) is 0 Å². The Balaban J connectivity index is 2.97. The van der Waals surface area contributed by atoms with Crippen LogP contribution in [0.2, 0.25) is 5.02 Å². The molecule has 1 aromatic rings. The summed E-state index contributed by atoms with van der Waals surface area (Å²) in [5, 5.41) is 8.88. The van der Waals surface area contributed by atoms with Gasteiger partial charge in [0.2, 0.25) is 0 Å². The van der Waals surface area contributed by atoms with Crippen molar-refractivity contribution in [2.45, 2.75) is 19.2 Å². The van der Waals surface area contributed by atoms with Gasteiger partial charge in [-0.05, 0) is 19.1 Å². The predicted molar refractivity (Wildman–Crippen MR) is 52.3 cm³/mol. The zero-order valence-corrected chi connectivity index (χ0v) is 8.93. The van der Waals surface area contributed by atoms with Crippen LogP contribution in [0.1, 0.15) is 12.5 Å². The Morgan fingerprint density at radius 2 is 2.06 bits per heavy atom. The van der Waals surface area contributed by atoms with Crippen molar-refractivity contribution in [1.82, 2.24) is 0 Å². The maximum absolute atomic E-state index is 12.2. The van der Waals surface area contributed by atoms with Crippen molar-refractivity contribution in [3.05, 3.63) is 28.8 Å². The van der Waals surface area contributed by atoms with Gasteiger partial charge in [0.25, 0.3) is 0 Å². The Bertz CT molecular complexity index is 425. The molecular weight excluding hydrogens is 243 g/mol. The molecule has 1 rings (SSSR count). The van der Waals surface area contributed by atoms with E-state index >= 15 is 0 Å². The van der Waals surface area contributed by atoms with E-state index in [0.717, 1.165) is 6.92 Å². The summed E-state index contributed by atoms with van der Waals surface area (Å²) in [6.07, 6.45) is -6.47. The normalized spacial score (nSPS) is 13.0. The van der Waals surface area contributed by atoms with Crippen molar-refractivity contribution < 1.29 is 17.9 Å². The summed E-state index contributed by atoms with van der Waals surface area (Å²) in [5.74, 6) is -0.167. The molecule has 0 aliphatic rings. The van der Waals surface area contributed by atoms with Crippen molar-refractivity contribution in [2.24, 2.45) is 0 Å². The van der Waals surface area contributed by atoms with E-state index in [2.05, 4.69) is 4.74 Å². The van der Waals surface area contributed by atoms with Crippen molar-refractivity contribution in [3.63, 3.8) is 0 Å². The third-order valence-corrected chi connectivity index (χ3v) is 2.06. The molecule has 16 heavy (non-hydrogen) atoms. The lowest BCUT2D eigenvalue weighted by Crippen LogP contribution is -2.31. The van der Waals surface area contributed by atoms with E-state index in [9.17, 15) is 13.2 Å². The first-order valence-electron chi connectivity index (χ1n) is 4.27. The SMILES string of the molecule is CC(Oc1cc(Cl)ccc1C#N)C(F)(F)F. The van der Waals surface area contributed by atoms with Crippen LogP contribution in [0.3, 0.4) is 0 Å². The molecule has 0 radical (unpaired) electrons. The molecule has 86 valence electrons. The van der Waals surface area contributed by atoms with Gasteiger partial charge in [0.05, 0.1) is 5.56 Å². The van der Waals surface area contributed by atoms with E-state index in [-0.39, 0.29) is 16.3 Å². The predicted octanol–water partition coefficient (Wildman–Crippen LogP) is 3.54. The third kappa shape index (κ3) is 3.04. The first-order chi connectivity index (χ1) is 7.34. The monoisotopic (exact) mass is 249 g/mol. The van der Waals surface area contributed by atoms with Gasteiger partial charge >= 0.3 is 6.18 Å². The highest BCUT2D eigenvalue weighted by molar-refractivity contribution is 6.30. The summed E-state index contributed by atoms with van der Waals surface area (Å²) in [6, 6.07) is 5.63. The topological polar surface area (TPSA) is 33.0 Å². The molecule has 6 heteroatoms. The second-order valence-corrected chi connectivity index (χ2v) is 3.49. The molecule has 0 amide bonds. The van der Waals surface area contributed by atoms with Gasteiger partial charge in [-0.25, -0.2) is 0 Å². The zero-order chi connectivity index (χ0) is 12.3. The Kier molecular flexibility index (Phi) is 3.66. The highest BCUT2D eigenvalue weighted by Gasteiger charge is 2.38. The van der Waals surface area contributed by atoms with Gasteiger partial charge < -0.3 is 4.74 Å². The van der Waals surface area contributed by atoms with Gasteiger partial charge in [-0.2, -0.15) is 18.4 Å². The minimum Gasteiger partial charge on any atom is -0.480 e. The first-order valence-corrected chi connectivity index (χ1v) is 4.65. The van der Waals surface area contributed by atoms with Crippen LogP contribution < -0.4 is 4.74 Å². The molecule has 0 aromatic heterocycles. The van der Waals surface area contributed by atoms with E-state index in [1.165, 1.54) is 18.2 Å². The van der Waals surface area contributed by atoms with Crippen LogP contribution in [-0.4, -0.2) is 12.3 Å². The molecular formula is C10H7ClF3NO. The Hall–Kier alpha value is -1.41. The molecule has 0 fully saturated rings. The summed E-state index contributed by atoms with van der Waals surface area (Å²) >= 11 is 5.60. The van der Waals surface area contributed by atoms with Gasteiger partial charge in [0.1, 0.15) is 11.8 Å². The number of nitriles is 1. The fourth-order valence-electron chi connectivity index (χ4n) is 0.943. The minimum atomic E-state index is -4.48. The second-order valence-electron chi connectivity index (χ2n) is 3.05. The highest BCUT2D eigenvalue weighted by atomic mass is 35.5. The number of nitrogens with zero attached hydrogens (tertiary/aromatic N) is 1.